The predicted molar refractivity (Wildman–Crippen MR) is 154 cm³/mol. The number of carbonyl (C=O) groups is 1. The van der Waals surface area contributed by atoms with E-state index in [1.54, 1.807) is 16.2 Å². The van der Waals surface area contributed by atoms with E-state index in [9.17, 15) is 9.59 Å². The number of imidazole rings is 1. The van der Waals surface area contributed by atoms with E-state index in [0.29, 0.717) is 35.0 Å². The number of likely N-dealkylation sites (tertiary alicyclic amines) is 1. The molecular weight excluding hydrogens is 536 g/mol. The molecule has 8 rings (SSSR count). The van der Waals surface area contributed by atoms with Gasteiger partial charge in [-0.05, 0) is 84.7 Å². The van der Waals surface area contributed by atoms with Crippen LogP contribution in [0.25, 0.3) is 22.7 Å². The zero-order chi connectivity index (χ0) is 28.7. The summed E-state index contributed by atoms with van der Waals surface area (Å²) in [5, 5.41) is 4.54. The van der Waals surface area contributed by atoms with E-state index in [2.05, 4.69) is 24.0 Å². The van der Waals surface area contributed by atoms with Crippen molar-refractivity contribution in [2.45, 2.75) is 120 Å². The number of aromatic nitrogens is 5. The van der Waals surface area contributed by atoms with E-state index in [0.717, 1.165) is 88.4 Å². The van der Waals surface area contributed by atoms with Gasteiger partial charge >= 0.3 is 5.69 Å². The molecule has 2 bridgehead atoms. The highest BCUT2D eigenvalue weighted by molar-refractivity contribution is 5.91. The summed E-state index contributed by atoms with van der Waals surface area (Å²) >= 11 is 0. The normalized spacial score (nSPS) is 31.8. The number of ketones is 1. The summed E-state index contributed by atoms with van der Waals surface area (Å²) in [7, 11) is 3.90. The van der Waals surface area contributed by atoms with Gasteiger partial charge in [-0.1, -0.05) is 11.6 Å². The monoisotopic (exact) mass is 576 g/mol. The number of rotatable bonds is 5. The number of Topliss-reactive ketones (excluding diaryl/α,β-unsaturated/α-hetero) is 1. The van der Waals surface area contributed by atoms with Crippen molar-refractivity contribution < 1.29 is 18.8 Å². The topological polar surface area (TPSA) is 118 Å². The van der Waals surface area contributed by atoms with Crippen molar-refractivity contribution in [2.75, 3.05) is 13.6 Å². The lowest BCUT2D eigenvalue weighted by atomic mass is 9.64. The van der Waals surface area contributed by atoms with Crippen molar-refractivity contribution in [1.29, 1.82) is 0 Å². The minimum Gasteiger partial charge on any atom is -0.471 e. The Balaban J connectivity index is 1.29. The summed E-state index contributed by atoms with van der Waals surface area (Å²) in [6, 6.07) is 0.174. The Morgan fingerprint density at radius 2 is 1.88 bits per heavy atom. The van der Waals surface area contributed by atoms with E-state index in [4.69, 9.17) is 24.0 Å². The van der Waals surface area contributed by atoms with Crippen molar-refractivity contribution in [3.8, 4) is 17.5 Å². The number of hydrogen-bond donors (Lipinski definition) is 0. The number of hydrogen-bond acceptors (Lipinski definition) is 9. The molecule has 224 valence electrons. The van der Waals surface area contributed by atoms with Gasteiger partial charge in [0, 0.05) is 25.1 Å². The molecule has 11 heteroatoms. The van der Waals surface area contributed by atoms with Crippen LogP contribution in [0.1, 0.15) is 94.9 Å². The summed E-state index contributed by atoms with van der Waals surface area (Å²) in [5.74, 6) is 1.51. The van der Waals surface area contributed by atoms with Gasteiger partial charge in [0.2, 0.25) is 17.5 Å². The van der Waals surface area contributed by atoms with Crippen LogP contribution in [0.15, 0.2) is 9.32 Å². The van der Waals surface area contributed by atoms with Gasteiger partial charge in [0.15, 0.2) is 11.2 Å². The highest BCUT2D eigenvalue weighted by Crippen LogP contribution is 2.48. The van der Waals surface area contributed by atoms with Crippen molar-refractivity contribution in [2.24, 2.45) is 7.05 Å². The Bertz CT molecular complexity index is 1620. The van der Waals surface area contributed by atoms with Crippen LogP contribution in [0.3, 0.4) is 0 Å². The van der Waals surface area contributed by atoms with Gasteiger partial charge < -0.3 is 14.0 Å². The SMILES string of the molecule is C[C@H](Oc1nc(-c2onc3c2CCC[C@@]32CCCCC2=O)nc2c1n(C)c(=O)n2[C@@H]1CC2CCC1O2)[C@@H]1CCCN1C. The molecule has 1 saturated carbocycles. The average molecular weight is 577 g/mol. The highest BCUT2D eigenvalue weighted by Gasteiger charge is 2.48. The second-order valence-corrected chi connectivity index (χ2v) is 13.3. The summed E-state index contributed by atoms with van der Waals surface area (Å²) in [6.07, 6.45) is 10.8. The fraction of sp³-hybridized carbons (Fsp3) is 0.710. The predicted octanol–water partition coefficient (Wildman–Crippen LogP) is 3.86. The molecule has 3 aliphatic heterocycles. The van der Waals surface area contributed by atoms with Crippen molar-refractivity contribution >= 4 is 16.9 Å². The van der Waals surface area contributed by atoms with E-state index < -0.39 is 5.41 Å². The summed E-state index contributed by atoms with van der Waals surface area (Å²) < 4.78 is 22.3. The Labute approximate surface area is 244 Å². The van der Waals surface area contributed by atoms with Crippen LogP contribution >= 0.6 is 0 Å². The molecule has 3 saturated heterocycles. The zero-order valence-corrected chi connectivity index (χ0v) is 24.8. The lowest BCUT2D eigenvalue weighted by Gasteiger charge is -2.37. The Hall–Kier alpha value is -3.05. The molecule has 6 heterocycles. The number of ether oxygens (including phenoxy) is 2. The summed E-state index contributed by atoms with van der Waals surface area (Å²) in [4.78, 5) is 39.4. The van der Waals surface area contributed by atoms with Gasteiger partial charge in [-0.15, -0.1) is 0 Å². The molecule has 2 unspecified atom stereocenters. The van der Waals surface area contributed by atoms with E-state index in [1.807, 2.05) is 0 Å². The van der Waals surface area contributed by atoms with Crippen LogP contribution in [0.5, 0.6) is 5.88 Å². The number of nitrogens with zero attached hydrogens (tertiary/aromatic N) is 6. The summed E-state index contributed by atoms with van der Waals surface area (Å²) in [5.41, 5.74) is 2.13. The maximum Gasteiger partial charge on any atom is 0.330 e. The average Bonchev–Trinajstić information content (AvgIpc) is 3.81. The van der Waals surface area contributed by atoms with Crippen LogP contribution < -0.4 is 10.4 Å². The van der Waals surface area contributed by atoms with Gasteiger partial charge in [0.05, 0.1) is 23.7 Å². The van der Waals surface area contributed by atoms with Crippen LogP contribution in [-0.4, -0.2) is 72.9 Å². The molecule has 1 spiro atoms. The van der Waals surface area contributed by atoms with E-state index in [-0.39, 0.29) is 41.9 Å². The number of aryl methyl sites for hydroxylation is 1. The number of carbonyl (C=O) groups excluding carboxylic acids is 1. The second kappa shape index (κ2) is 9.74. The Morgan fingerprint density at radius 3 is 2.62 bits per heavy atom. The first-order valence-corrected chi connectivity index (χ1v) is 15.9. The van der Waals surface area contributed by atoms with Gasteiger partial charge in [-0.2, -0.15) is 4.98 Å². The molecule has 6 atom stereocenters. The number of likely N-dealkylation sites (N-methyl/N-ethyl adjacent to an activating group) is 1. The lowest BCUT2D eigenvalue weighted by Crippen LogP contribution is -2.41. The molecule has 0 N–H and O–H groups in total. The van der Waals surface area contributed by atoms with E-state index >= 15 is 0 Å². The number of fused-ring (bicyclic) bond motifs is 5. The standard InChI is InChI=1S/C31H40N6O5/c1-17(20-9-7-15-35(20)2)40-29-24-28(37(30(39)36(24)3)21-16-18-11-12-22(21)41-18)32-27(33-29)25-19-8-6-14-31(26(19)34-42-25)13-5-4-10-23(31)38/h17-18,20-22H,4-16H2,1-3H3/t17-,18?,20-,21+,22?,31+/m0/s1. The zero-order valence-electron chi connectivity index (χ0n) is 24.8. The lowest BCUT2D eigenvalue weighted by molar-refractivity contribution is -0.127. The summed E-state index contributed by atoms with van der Waals surface area (Å²) in [6.45, 7) is 3.11. The second-order valence-electron chi connectivity index (χ2n) is 13.3. The smallest absolute Gasteiger partial charge is 0.330 e. The first-order valence-electron chi connectivity index (χ1n) is 15.9. The molecule has 11 nitrogen and oxygen atoms in total. The molecule has 0 amide bonds. The first kappa shape index (κ1) is 26.6. The third-order valence-corrected chi connectivity index (χ3v) is 11.0. The quantitative estimate of drug-likeness (QED) is 0.446. The molecular formula is C31H40N6O5. The molecule has 3 aromatic heterocycles. The third-order valence-electron chi connectivity index (χ3n) is 11.0. The largest absolute Gasteiger partial charge is 0.471 e. The minimum atomic E-state index is -0.562. The Morgan fingerprint density at radius 1 is 1.02 bits per heavy atom. The maximum atomic E-state index is 13.8. The van der Waals surface area contributed by atoms with Crippen LogP contribution in [0.4, 0.5) is 0 Å². The maximum absolute atomic E-state index is 13.8. The molecule has 5 aliphatic rings. The molecule has 42 heavy (non-hydrogen) atoms. The third kappa shape index (κ3) is 3.81. The van der Waals surface area contributed by atoms with Gasteiger partial charge in [0.1, 0.15) is 17.6 Å². The van der Waals surface area contributed by atoms with Crippen molar-refractivity contribution in [3.63, 3.8) is 0 Å². The van der Waals surface area contributed by atoms with Crippen LogP contribution in [-0.2, 0) is 28.4 Å². The molecule has 0 aromatic carbocycles. The minimum absolute atomic E-state index is 0.00218. The highest BCUT2D eigenvalue weighted by atomic mass is 16.5. The Kier molecular flexibility index (Phi) is 6.16. The van der Waals surface area contributed by atoms with Crippen molar-refractivity contribution in [1.82, 2.24) is 29.2 Å². The van der Waals surface area contributed by atoms with Gasteiger partial charge in [-0.25, -0.2) is 9.78 Å². The van der Waals surface area contributed by atoms with E-state index in [1.165, 1.54) is 0 Å². The van der Waals surface area contributed by atoms with Crippen LogP contribution in [0.2, 0.25) is 0 Å². The van der Waals surface area contributed by atoms with Crippen molar-refractivity contribution in [3.05, 3.63) is 21.7 Å². The fourth-order valence-electron chi connectivity index (χ4n) is 8.77. The first-order chi connectivity index (χ1) is 20.4. The molecule has 2 aliphatic carbocycles. The molecule has 4 fully saturated rings. The van der Waals surface area contributed by atoms with Gasteiger partial charge in [0.25, 0.3) is 0 Å². The molecule has 0 radical (unpaired) electrons. The van der Waals surface area contributed by atoms with Gasteiger partial charge in [-0.3, -0.25) is 18.8 Å². The van der Waals surface area contributed by atoms with Crippen LogP contribution in [0, 0.1) is 0 Å². The molecule has 3 aromatic rings. The fourth-order valence-corrected chi connectivity index (χ4v) is 8.77.